The van der Waals surface area contributed by atoms with Gasteiger partial charge in [0.1, 0.15) is 12.1 Å². The number of aliphatic carboxylic acids is 1. The average molecular weight is 283 g/mol. The van der Waals surface area contributed by atoms with Crippen LogP contribution in [0.15, 0.2) is 0 Å². The summed E-state index contributed by atoms with van der Waals surface area (Å²) in [6.45, 7) is 4.09. The molecular formula is C13H21N3O4. The predicted octanol–water partition coefficient (Wildman–Crippen LogP) is 0.258. The Morgan fingerprint density at radius 3 is 2.55 bits per heavy atom. The molecule has 3 amide bonds. The number of carboxylic acids is 1. The average Bonchev–Trinajstić information content (AvgIpc) is 2.63. The molecule has 1 spiro atoms. The van der Waals surface area contributed by atoms with Gasteiger partial charge >= 0.3 is 12.0 Å². The van der Waals surface area contributed by atoms with Crippen LogP contribution in [-0.4, -0.2) is 64.5 Å². The first-order valence-corrected chi connectivity index (χ1v) is 7.07. The highest BCUT2D eigenvalue weighted by molar-refractivity contribution is 6.08. The number of urea groups is 1. The third-order valence-corrected chi connectivity index (χ3v) is 4.08. The maximum absolute atomic E-state index is 12.3. The molecule has 2 aliphatic rings. The fraction of sp³-hybridized carbons (Fsp3) is 0.769. The summed E-state index contributed by atoms with van der Waals surface area (Å²) in [7, 11) is 0. The molecule has 2 fully saturated rings. The smallest absolute Gasteiger partial charge is 0.325 e. The third-order valence-electron chi connectivity index (χ3n) is 4.08. The van der Waals surface area contributed by atoms with Crippen LogP contribution >= 0.6 is 0 Å². The van der Waals surface area contributed by atoms with Crippen molar-refractivity contribution in [3.05, 3.63) is 0 Å². The van der Waals surface area contributed by atoms with E-state index in [0.717, 1.165) is 37.4 Å². The number of carbonyl (C=O) groups is 3. The molecule has 2 rings (SSSR count). The first-order chi connectivity index (χ1) is 9.48. The number of carbonyl (C=O) groups excluding carboxylic acids is 2. The molecule has 0 radical (unpaired) electrons. The van der Waals surface area contributed by atoms with Gasteiger partial charge in [-0.3, -0.25) is 14.5 Å². The van der Waals surface area contributed by atoms with Crippen molar-refractivity contribution in [2.45, 2.75) is 38.1 Å². The Labute approximate surface area is 117 Å². The zero-order chi connectivity index (χ0) is 14.8. The quantitative estimate of drug-likeness (QED) is 0.706. The number of imide groups is 1. The number of amides is 3. The van der Waals surface area contributed by atoms with E-state index in [1.54, 1.807) is 0 Å². The number of hydrogen-bond acceptors (Lipinski definition) is 4. The summed E-state index contributed by atoms with van der Waals surface area (Å²) in [4.78, 5) is 37.9. The fourth-order valence-corrected chi connectivity index (χ4v) is 2.83. The second-order valence-corrected chi connectivity index (χ2v) is 5.49. The van der Waals surface area contributed by atoms with Gasteiger partial charge in [0.15, 0.2) is 0 Å². The lowest BCUT2D eigenvalue weighted by atomic mass is 9.87. The monoisotopic (exact) mass is 283 g/mol. The molecule has 2 heterocycles. The molecule has 0 unspecified atom stereocenters. The van der Waals surface area contributed by atoms with Gasteiger partial charge in [-0.1, -0.05) is 13.3 Å². The highest BCUT2D eigenvalue weighted by Crippen LogP contribution is 2.29. The zero-order valence-corrected chi connectivity index (χ0v) is 11.7. The number of piperidine rings is 1. The van der Waals surface area contributed by atoms with Crippen molar-refractivity contribution in [2.24, 2.45) is 0 Å². The molecule has 2 N–H and O–H groups in total. The highest BCUT2D eigenvalue weighted by Gasteiger charge is 2.52. The summed E-state index contributed by atoms with van der Waals surface area (Å²) >= 11 is 0. The van der Waals surface area contributed by atoms with E-state index in [0.29, 0.717) is 12.8 Å². The van der Waals surface area contributed by atoms with Crippen molar-refractivity contribution < 1.29 is 19.5 Å². The van der Waals surface area contributed by atoms with Crippen LogP contribution in [0.4, 0.5) is 4.79 Å². The minimum atomic E-state index is -1.18. The largest absolute Gasteiger partial charge is 0.480 e. The normalized spacial score (nSPS) is 22.4. The van der Waals surface area contributed by atoms with E-state index in [2.05, 4.69) is 17.1 Å². The second-order valence-electron chi connectivity index (χ2n) is 5.49. The molecule has 0 aromatic heterocycles. The number of nitrogens with zero attached hydrogens (tertiary/aromatic N) is 2. The van der Waals surface area contributed by atoms with Crippen molar-refractivity contribution in [1.29, 1.82) is 0 Å². The molecule has 20 heavy (non-hydrogen) atoms. The molecular weight excluding hydrogens is 262 g/mol. The van der Waals surface area contributed by atoms with Gasteiger partial charge in [0.25, 0.3) is 5.91 Å². The van der Waals surface area contributed by atoms with Crippen LogP contribution in [0, 0.1) is 0 Å². The molecule has 0 saturated carbocycles. The van der Waals surface area contributed by atoms with Crippen molar-refractivity contribution >= 4 is 17.9 Å². The number of nitrogens with one attached hydrogen (secondary N) is 1. The Morgan fingerprint density at radius 2 is 2.00 bits per heavy atom. The first kappa shape index (κ1) is 14.8. The van der Waals surface area contributed by atoms with Crippen LogP contribution in [0.3, 0.4) is 0 Å². The van der Waals surface area contributed by atoms with Crippen LogP contribution in [0.5, 0.6) is 0 Å². The highest BCUT2D eigenvalue weighted by atomic mass is 16.4. The Morgan fingerprint density at radius 1 is 1.35 bits per heavy atom. The van der Waals surface area contributed by atoms with Gasteiger partial charge in [0.05, 0.1) is 0 Å². The van der Waals surface area contributed by atoms with Gasteiger partial charge in [-0.25, -0.2) is 4.79 Å². The number of carboxylic acid groups (broad SMARTS) is 1. The third kappa shape index (κ3) is 2.77. The number of hydrogen-bond donors (Lipinski definition) is 2. The number of rotatable bonds is 5. The second kappa shape index (κ2) is 5.78. The summed E-state index contributed by atoms with van der Waals surface area (Å²) < 4.78 is 0. The van der Waals surface area contributed by atoms with Crippen LogP contribution in [0.1, 0.15) is 32.6 Å². The van der Waals surface area contributed by atoms with E-state index >= 15 is 0 Å². The standard InChI is InChI=1S/C13H21N3O4/c1-2-3-6-15-7-4-13(5-8-15)11(19)16(9-10(17)18)12(20)14-13/h2-9H2,1H3,(H,14,20)(H,17,18). The minimum Gasteiger partial charge on any atom is -0.480 e. The van der Waals surface area contributed by atoms with E-state index < -0.39 is 24.1 Å². The molecule has 2 aliphatic heterocycles. The zero-order valence-electron chi connectivity index (χ0n) is 11.7. The molecule has 0 bridgehead atoms. The lowest BCUT2D eigenvalue weighted by Crippen LogP contribution is -2.55. The Balaban J connectivity index is 1.98. The minimum absolute atomic E-state index is 0.389. The van der Waals surface area contributed by atoms with Crippen LogP contribution in [0.25, 0.3) is 0 Å². The van der Waals surface area contributed by atoms with Crippen molar-refractivity contribution in [1.82, 2.24) is 15.1 Å². The van der Waals surface area contributed by atoms with E-state index in [4.69, 9.17) is 5.11 Å². The molecule has 112 valence electrons. The first-order valence-electron chi connectivity index (χ1n) is 7.07. The summed E-state index contributed by atoms with van der Waals surface area (Å²) in [5, 5.41) is 11.5. The number of likely N-dealkylation sites (tertiary alicyclic amines) is 1. The van der Waals surface area contributed by atoms with E-state index in [-0.39, 0.29) is 5.91 Å². The molecule has 0 aromatic rings. The van der Waals surface area contributed by atoms with Crippen molar-refractivity contribution in [3.63, 3.8) is 0 Å². The molecule has 0 atom stereocenters. The molecule has 7 nitrogen and oxygen atoms in total. The van der Waals surface area contributed by atoms with Crippen molar-refractivity contribution in [2.75, 3.05) is 26.2 Å². The predicted molar refractivity (Wildman–Crippen MR) is 71.2 cm³/mol. The van der Waals surface area contributed by atoms with Gasteiger partial charge in [0, 0.05) is 13.1 Å². The Hall–Kier alpha value is -1.63. The van der Waals surface area contributed by atoms with Crippen molar-refractivity contribution in [3.8, 4) is 0 Å². The van der Waals surface area contributed by atoms with Gasteiger partial charge < -0.3 is 15.3 Å². The fourth-order valence-electron chi connectivity index (χ4n) is 2.83. The maximum Gasteiger partial charge on any atom is 0.325 e. The van der Waals surface area contributed by atoms with Crippen LogP contribution in [-0.2, 0) is 9.59 Å². The lowest BCUT2D eigenvalue weighted by Gasteiger charge is -2.37. The maximum atomic E-state index is 12.3. The van der Waals surface area contributed by atoms with Gasteiger partial charge in [0.2, 0.25) is 0 Å². The van der Waals surface area contributed by atoms with Gasteiger partial charge in [-0.2, -0.15) is 0 Å². The topological polar surface area (TPSA) is 90.0 Å². The summed E-state index contributed by atoms with van der Waals surface area (Å²) in [6, 6.07) is -0.584. The molecule has 0 aliphatic carbocycles. The van der Waals surface area contributed by atoms with E-state index in [1.807, 2.05) is 0 Å². The summed E-state index contributed by atoms with van der Waals surface area (Å²) in [5.74, 6) is -1.56. The Kier molecular flexibility index (Phi) is 4.27. The molecule has 0 aromatic carbocycles. The summed E-state index contributed by atoms with van der Waals surface area (Å²) in [5.41, 5.74) is -0.880. The van der Waals surface area contributed by atoms with Gasteiger partial charge in [-0.15, -0.1) is 0 Å². The van der Waals surface area contributed by atoms with Crippen LogP contribution in [0.2, 0.25) is 0 Å². The summed E-state index contributed by atoms with van der Waals surface area (Å²) in [6.07, 6.45) is 3.36. The van der Waals surface area contributed by atoms with E-state index in [1.165, 1.54) is 0 Å². The van der Waals surface area contributed by atoms with Crippen LogP contribution < -0.4 is 5.32 Å². The number of unbranched alkanes of at least 4 members (excludes halogenated alkanes) is 1. The SMILES string of the molecule is CCCCN1CCC2(CC1)NC(=O)N(CC(=O)O)C2=O. The van der Waals surface area contributed by atoms with Gasteiger partial charge in [-0.05, 0) is 25.8 Å². The lowest BCUT2D eigenvalue weighted by molar-refractivity contribution is -0.143. The molecule has 2 saturated heterocycles. The Bertz CT molecular complexity index is 416. The molecule has 7 heteroatoms. The van der Waals surface area contributed by atoms with E-state index in [9.17, 15) is 14.4 Å².